The predicted molar refractivity (Wildman–Crippen MR) is 147 cm³/mol. The molecule has 204 valence electrons. The number of fused-ring (bicyclic) bond motifs is 4. The van der Waals surface area contributed by atoms with Gasteiger partial charge in [-0.1, -0.05) is 50.2 Å². The van der Waals surface area contributed by atoms with Crippen molar-refractivity contribution in [2.24, 2.45) is 0 Å². The SMILES string of the molecule is CC1(C)c2cc(OC[C@@H](O)[C@H](O)CO)ccc2C(=O)c2c1[nH]c1cc(S(=O)(=O)CCc3ccccc3)ccc21. The van der Waals surface area contributed by atoms with E-state index in [9.17, 15) is 23.4 Å². The van der Waals surface area contributed by atoms with Crippen LogP contribution in [0.3, 0.4) is 0 Å². The number of carbonyl (C=O) groups excluding carboxylic acids is 1. The maximum Gasteiger partial charge on any atom is 0.195 e. The van der Waals surface area contributed by atoms with Crippen LogP contribution in [0.25, 0.3) is 10.9 Å². The molecule has 0 bridgehead atoms. The summed E-state index contributed by atoms with van der Waals surface area (Å²) in [6, 6.07) is 19.4. The Morgan fingerprint density at radius 1 is 0.974 bits per heavy atom. The van der Waals surface area contributed by atoms with Crippen LogP contribution in [0.15, 0.2) is 71.6 Å². The standard InChI is InChI=1S/C30H31NO7S/c1-30(2)23-14-19(38-17-26(34)25(33)16-32)8-10-21(23)28(35)27-22-11-9-20(15-24(22)31-29(27)30)39(36,37)13-12-18-6-4-3-5-7-18/h3-11,14-15,25-26,31-34H,12-13,16-17H2,1-2H3/t25-,26-/m1/s1. The van der Waals surface area contributed by atoms with Gasteiger partial charge in [-0.2, -0.15) is 0 Å². The van der Waals surface area contributed by atoms with Crippen molar-refractivity contribution in [3.63, 3.8) is 0 Å². The number of aryl methyl sites for hydroxylation is 1. The summed E-state index contributed by atoms with van der Waals surface area (Å²) in [5.74, 6) is 0.212. The molecule has 0 saturated heterocycles. The molecule has 5 rings (SSSR count). The van der Waals surface area contributed by atoms with Gasteiger partial charge in [0.1, 0.15) is 24.6 Å². The Bertz CT molecular complexity index is 1640. The van der Waals surface area contributed by atoms with Gasteiger partial charge in [-0.15, -0.1) is 0 Å². The number of ether oxygens (including phenoxy) is 1. The zero-order chi connectivity index (χ0) is 27.9. The van der Waals surface area contributed by atoms with E-state index in [1.807, 2.05) is 44.2 Å². The number of rotatable bonds is 9. The number of aromatic nitrogens is 1. The molecule has 1 heterocycles. The second kappa shape index (κ2) is 10.2. The number of benzene rings is 3. The Morgan fingerprint density at radius 3 is 2.44 bits per heavy atom. The van der Waals surface area contributed by atoms with E-state index in [2.05, 4.69) is 4.98 Å². The summed E-state index contributed by atoms with van der Waals surface area (Å²) in [4.78, 5) is 17.2. The Labute approximate surface area is 226 Å². The van der Waals surface area contributed by atoms with Gasteiger partial charge in [0.2, 0.25) is 0 Å². The van der Waals surface area contributed by atoms with E-state index in [-0.39, 0.29) is 23.0 Å². The quantitative estimate of drug-likeness (QED) is 0.252. The van der Waals surface area contributed by atoms with E-state index in [1.54, 1.807) is 36.4 Å². The van der Waals surface area contributed by atoms with Crippen molar-refractivity contribution in [1.82, 2.24) is 4.98 Å². The normalized spacial score (nSPS) is 16.0. The van der Waals surface area contributed by atoms with Crippen LogP contribution in [-0.4, -0.2) is 65.7 Å². The van der Waals surface area contributed by atoms with E-state index in [0.29, 0.717) is 39.9 Å². The molecule has 2 atom stereocenters. The van der Waals surface area contributed by atoms with Crippen molar-refractivity contribution in [2.75, 3.05) is 19.0 Å². The number of ketones is 1. The van der Waals surface area contributed by atoms with Gasteiger partial charge in [0.05, 0.1) is 22.8 Å². The molecule has 4 aromatic rings. The third-order valence-corrected chi connectivity index (χ3v) is 9.16. The van der Waals surface area contributed by atoms with Crippen molar-refractivity contribution < 1.29 is 33.3 Å². The van der Waals surface area contributed by atoms with Gasteiger partial charge < -0.3 is 25.0 Å². The van der Waals surface area contributed by atoms with Crippen molar-refractivity contribution in [1.29, 1.82) is 0 Å². The summed E-state index contributed by atoms with van der Waals surface area (Å²) in [6.45, 7) is 3.12. The summed E-state index contributed by atoms with van der Waals surface area (Å²) in [5.41, 5.74) is 3.31. The summed E-state index contributed by atoms with van der Waals surface area (Å²) in [7, 11) is -3.55. The number of hydrogen-bond acceptors (Lipinski definition) is 7. The first-order chi connectivity index (χ1) is 18.5. The summed E-state index contributed by atoms with van der Waals surface area (Å²) in [5, 5.41) is 29.2. The number of sulfone groups is 1. The maximum atomic E-state index is 13.6. The number of H-pyrrole nitrogens is 1. The lowest BCUT2D eigenvalue weighted by atomic mass is 9.71. The van der Waals surface area contributed by atoms with Gasteiger partial charge in [0.15, 0.2) is 15.6 Å². The number of aromatic amines is 1. The molecule has 1 aromatic heterocycles. The highest BCUT2D eigenvalue weighted by Crippen LogP contribution is 2.45. The first-order valence-corrected chi connectivity index (χ1v) is 14.4. The van der Waals surface area contributed by atoms with Crippen molar-refractivity contribution in [3.8, 4) is 5.75 Å². The molecule has 1 aliphatic carbocycles. The van der Waals surface area contributed by atoms with Crippen LogP contribution >= 0.6 is 0 Å². The van der Waals surface area contributed by atoms with Crippen molar-refractivity contribution >= 4 is 26.5 Å². The molecule has 1 aliphatic rings. The van der Waals surface area contributed by atoms with Crippen LogP contribution in [0.2, 0.25) is 0 Å². The first kappa shape index (κ1) is 27.1. The highest BCUT2D eigenvalue weighted by Gasteiger charge is 2.40. The molecule has 4 N–H and O–H groups in total. The van der Waals surface area contributed by atoms with Gasteiger partial charge in [-0.3, -0.25) is 4.79 Å². The highest BCUT2D eigenvalue weighted by molar-refractivity contribution is 7.91. The summed E-state index contributed by atoms with van der Waals surface area (Å²) in [6.07, 6.45) is -2.18. The molecule has 8 nitrogen and oxygen atoms in total. The molecule has 0 fully saturated rings. The first-order valence-electron chi connectivity index (χ1n) is 12.7. The minimum absolute atomic E-state index is 0.0222. The lowest BCUT2D eigenvalue weighted by Crippen LogP contribution is -2.34. The molecule has 39 heavy (non-hydrogen) atoms. The Morgan fingerprint density at radius 2 is 1.72 bits per heavy atom. The van der Waals surface area contributed by atoms with Crippen LogP contribution in [0.1, 0.15) is 46.6 Å². The monoisotopic (exact) mass is 549 g/mol. The molecule has 0 saturated carbocycles. The molecular weight excluding hydrogens is 518 g/mol. The topological polar surface area (TPSA) is 137 Å². The second-order valence-electron chi connectivity index (χ2n) is 10.4. The molecule has 0 aliphatic heterocycles. The van der Waals surface area contributed by atoms with Crippen LogP contribution < -0.4 is 4.74 Å². The minimum atomic E-state index is -3.55. The van der Waals surface area contributed by atoms with Crippen molar-refractivity contribution in [3.05, 3.63) is 94.7 Å². The molecular formula is C30H31NO7S. The number of nitrogens with one attached hydrogen (secondary N) is 1. The largest absolute Gasteiger partial charge is 0.491 e. The van der Waals surface area contributed by atoms with E-state index >= 15 is 0 Å². The number of carbonyl (C=O) groups is 1. The van der Waals surface area contributed by atoms with Crippen LogP contribution in [0.5, 0.6) is 5.75 Å². The average molecular weight is 550 g/mol. The van der Waals surface area contributed by atoms with Crippen molar-refractivity contribution in [2.45, 2.75) is 42.8 Å². The molecule has 3 aromatic carbocycles. The zero-order valence-corrected chi connectivity index (χ0v) is 22.5. The number of hydrogen-bond donors (Lipinski definition) is 4. The molecule has 0 spiro atoms. The predicted octanol–water partition coefficient (Wildman–Crippen LogP) is 3.15. The van der Waals surface area contributed by atoms with Gasteiger partial charge in [0.25, 0.3) is 0 Å². The lowest BCUT2D eigenvalue weighted by Gasteiger charge is -2.32. The van der Waals surface area contributed by atoms with E-state index in [4.69, 9.17) is 9.84 Å². The van der Waals surface area contributed by atoms with Crippen LogP contribution in [0.4, 0.5) is 0 Å². The van der Waals surface area contributed by atoms with E-state index in [0.717, 1.165) is 11.1 Å². The molecule has 0 radical (unpaired) electrons. The van der Waals surface area contributed by atoms with E-state index in [1.165, 1.54) is 0 Å². The lowest BCUT2D eigenvalue weighted by molar-refractivity contribution is -0.0339. The summed E-state index contributed by atoms with van der Waals surface area (Å²) >= 11 is 0. The van der Waals surface area contributed by atoms with Crippen LogP contribution in [0, 0.1) is 0 Å². The minimum Gasteiger partial charge on any atom is -0.491 e. The Kier molecular flexibility index (Phi) is 7.11. The number of aliphatic hydroxyl groups excluding tert-OH is 3. The van der Waals surface area contributed by atoms with Gasteiger partial charge >= 0.3 is 0 Å². The number of aliphatic hydroxyl groups is 3. The Balaban J connectivity index is 1.46. The average Bonchev–Trinajstić information content (AvgIpc) is 3.34. The highest BCUT2D eigenvalue weighted by atomic mass is 32.2. The fourth-order valence-electron chi connectivity index (χ4n) is 5.10. The Hall–Kier alpha value is -3.50. The zero-order valence-electron chi connectivity index (χ0n) is 21.7. The van der Waals surface area contributed by atoms with Gasteiger partial charge in [0, 0.05) is 27.6 Å². The van der Waals surface area contributed by atoms with E-state index < -0.39 is 34.1 Å². The van der Waals surface area contributed by atoms with Gasteiger partial charge in [-0.05, 0) is 47.9 Å². The molecule has 0 unspecified atom stereocenters. The fraction of sp³-hybridized carbons (Fsp3) is 0.300. The maximum absolute atomic E-state index is 13.6. The third kappa shape index (κ3) is 4.98. The molecule has 0 amide bonds. The second-order valence-corrected chi connectivity index (χ2v) is 12.5. The van der Waals surface area contributed by atoms with Gasteiger partial charge in [-0.25, -0.2) is 8.42 Å². The summed E-state index contributed by atoms with van der Waals surface area (Å²) < 4.78 is 31.9. The fourth-order valence-corrected chi connectivity index (χ4v) is 6.41. The smallest absolute Gasteiger partial charge is 0.195 e. The molecule has 9 heteroatoms. The van der Waals surface area contributed by atoms with Crippen LogP contribution in [-0.2, 0) is 21.7 Å². The third-order valence-electron chi connectivity index (χ3n) is 7.44.